The van der Waals surface area contributed by atoms with Gasteiger partial charge in [0.15, 0.2) is 0 Å². The van der Waals surface area contributed by atoms with Gasteiger partial charge in [0, 0.05) is 25.4 Å². The molecule has 1 aromatic heterocycles. The maximum Gasteiger partial charge on any atom is 0.112 e. The van der Waals surface area contributed by atoms with Crippen LogP contribution in [0.3, 0.4) is 0 Å². The van der Waals surface area contributed by atoms with E-state index in [0.717, 1.165) is 44.5 Å². The average molecular weight is 234 g/mol. The molecule has 0 aromatic carbocycles. The van der Waals surface area contributed by atoms with Crippen molar-refractivity contribution < 1.29 is 5.11 Å². The van der Waals surface area contributed by atoms with Crippen molar-refractivity contribution in [2.45, 2.75) is 58.1 Å². The molecule has 1 aliphatic rings. The summed E-state index contributed by atoms with van der Waals surface area (Å²) in [7, 11) is 0. The first kappa shape index (κ1) is 12.4. The minimum absolute atomic E-state index is 0.248. The smallest absolute Gasteiger partial charge is 0.112 e. The summed E-state index contributed by atoms with van der Waals surface area (Å²) in [6, 6.07) is 0. The van der Waals surface area contributed by atoms with Crippen LogP contribution in [0.1, 0.15) is 44.9 Å². The van der Waals surface area contributed by atoms with Crippen LogP contribution in [0.15, 0.2) is 24.0 Å². The van der Waals surface area contributed by atoms with Gasteiger partial charge in [-0.15, -0.1) is 0 Å². The van der Waals surface area contributed by atoms with E-state index >= 15 is 0 Å². The molecule has 94 valence electrons. The highest BCUT2D eigenvalue weighted by molar-refractivity contribution is 5.13. The van der Waals surface area contributed by atoms with Gasteiger partial charge in [0.25, 0.3) is 0 Å². The summed E-state index contributed by atoms with van der Waals surface area (Å²) in [6.45, 7) is 3.21. The fraction of sp³-hybridized carbons (Fsp3) is 0.643. The zero-order chi connectivity index (χ0) is 12.1. The summed E-state index contributed by atoms with van der Waals surface area (Å²) in [5.41, 5.74) is 1.35. The van der Waals surface area contributed by atoms with Crippen LogP contribution in [0.2, 0.25) is 0 Å². The normalized spacial score (nSPS) is 21.1. The number of rotatable bonds is 4. The topological polar surface area (TPSA) is 38.0 Å². The second-order valence-electron chi connectivity index (χ2n) is 4.85. The Morgan fingerprint density at radius 1 is 1.47 bits per heavy atom. The van der Waals surface area contributed by atoms with Gasteiger partial charge < -0.3 is 9.67 Å². The summed E-state index contributed by atoms with van der Waals surface area (Å²) < 4.78 is 2.22. The van der Waals surface area contributed by atoms with Gasteiger partial charge in [-0.1, -0.05) is 25.0 Å². The van der Waals surface area contributed by atoms with Crippen LogP contribution in [0.25, 0.3) is 0 Å². The van der Waals surface area contributed by atoms with Gasteiger partial charge in [0.1, 0.15) is 5.82 Å². The maximum atomic E-state index is 9.76. The van der Waals surface area contributed by atoms with Crippen LogP contribution in [-0.4, -0.2) is 20.8 Å². The highest BCUT2D eigenvalue weighted by Gasteiger charge is 2.11. The molecule has 1 atom stereocenters. The lowest BCUT2D eigenvalue weighted by atomic mass is 10.1. The summed E-state index contributed by atoms with van der Waals surface area (Å²) in [4.78, 5) is 4.43. The maximum absolute atomic E-state index is 9.76. The minimum Gasteiger partial charge on any atom is -0.389 e. The molecule has 1 aromatic rings. The first-order valence-electron chi connectivity index (χ1n) is 6.67. The molecular formula is C14H22N2O. The molecule has 3 nitrogen and oxygen atoms in total. The Bertz CT molecular complexity index is 381. The molecule has 1 aliphatic carbocycles. The number of hydrogen-bond donors (Lipinski definition) is 1. The van der Waals surface area contributed by atoms with Crippen LogP contribution < -0.4 is 0 Å². The number of aliphatic hydroxyl groups is 1. The number of aryl methyl sites for hydroxylation is 1. The van der Waals surface area contributed by atoms with E-state index in [4.69, 9.17) is 0 Å². The van der Waals surface area contributed by atoms with E-state index in [1.165, 1.54) is 12.0 Å². The summed E-state index contributed by atoms with van der Waals surface area (Å²) in [6.07, 6.45) is 12.1. The Morgan fingerprint density at radius 2 is 2.35 bits per heavy atom. The Labute approximate surface area is 103 Å². The van der Waals surface area contributed by atoms with E-state index in [9.17, 15) is 5.11 Å². The standard InChI is InChI=1S/C14H22N2O/c1-2-8-16-9-7-15-14(16)11-12-5-3-4-6-13(17)10-12/h7,9-10,13,17H,2-6,8,11H2,1H3. The number of aliphatic hydroxyl groups excluding tert-OH is 1. The lowest BCUT2D eigenvalue weighted by Gasteiger charge is -2.09. The van der Waals surface area contributed by atoms with Crippen molar-refractivity contribution in [2.24, 2.45) is 0 Å². The van der Waals surface area contributed by atoms with Gasteiger partial charge in [0.2, 0.25) is 0 Å². The van der Waals surface area contributed by atoms with Crippen LogP contribution >= 0.6 is 0 Å². The third kappa shape index (κ3) is 3.43. The van der Waals surface area contributed by atoms with Gasteiger partial charge in [-0.2, -0.15) is 0 Å². The van der Waals surface area contributed by atoms with Gasteiger partial charge in [-0.05, 0) is 25.7 Å². The van der Waals surface area contributed by atoms with Crippen molar-refractivity contribution in [1.82, 2.24) is 9.55 Å². The Balaban J connectivity index is 2.05. The number of imidazole rings is 1. The molecule has 1 unspecified atom stereocenters. The van der Waals surface area contributed by atoms with Gasteiger partial charge in [-0.3, -0.25) is 0 Å². The Hall–Kier alpha value is -1.09. The second kappa shape index (κ2) is 6.01. The van der Waals surface area contributed by atoms with Crippen molar-refractivity contribution in [3.8, 4) is 0 Å². The van der Waals surface area contributed by atoms with Gasteiger partial charge in [0.05, 0.1) is 6.10 Å². The van der Waals surface area contributed by atoms with Crippen LogP contribution in [0, 0.1) is 0 Å². The summed E-state index contributed by atoms with van der Waals surface area (Å²) in [5, 5.41) is 9.76. The summed E-state index contributed by atoms with van der Waals surface area (Å²) >= 11 is 0. The van der Waals surface area contributed by atoms with Crippen molar-refractivity contribution in [3.63, 3.8) is 0 Å². The predicted molar refractivity (Wildman–Crippen MR) is 68.8 cm³/mol. The molecule has 17 heavy (non-hydrogen) atoms. The molecule has 0 radical (unpaired) electrons. The largest absolute Gasteiger partial charge is 0.389 e. The number of aromatic nitrogens is 2. The molecule has 0 bridgehead atoms. The quantitative estimate of drug-likeness (QED) is 0.813. The zero-order valence-electron chi connectivity index (χ0n) is 10.6. The summed E-state index contributed by atoms with van der Waals surface area (Å²) in [5.74, 6) is 1.13. The fourth-order valence-electron chi connectivity index (χ4n) is 2.45. The molecule has 3 heteroatoms. The third-order valence-electron chi connectivity index (χ3n) is 3.33. The van der Waals surface area contributed by atoms with E-state index in [-0.39, 0.29) is 6.10 Å². The van der Waals surface area contributed by atoms with E-state index in [2.05, 4.69) is 16.5 Å². The van der Waals surface area contributed by atoms with E-state index in [0.29, 0.717) is 0 Å². The number of hydrogen-bond acceptors (Lipinski definition) is 2. The molecule has 0 spiro atoms. The van der Waals surface area contributed by atoms with Crippen molar-refractivity contribution in [3.05, 3.63) is 29.9 Å². The SMILES string of the molecule is CCCn1ccnc1CC1=CC(O)CCCC1. The third-order valence-corrected chi connectivity index (χ3v) is 3.33. The Morgan fingerprint density at radius 3 is 3.18 bits per heavy atom. The lowest BCUT2D eigenvalue weighted by molar-refractivity contribution is 0.211. The minimum atomic E-state index is -0.248. The molecule has 0 saturated carbocycles. The van der Waals surface area contributed by atoms with Crippen molar-refractivity contribution in [2.75, 3.05) is 0 Å². The molecule has 2 rings (SSSR count). The van der Waals surface area contributed by atoms with Crippen molar-refractivity contribution >= 4 is 0 Å². The monoisotopic (exact) mass is 234 g/mol. The fourth-order valence-corrected chi connectivity index (χ4v) is 2.45. The molecule has 0 amide bonds. The van der Waals surface area contributed by atoms with Crippen molar-refractivity contribution in [1.29, 1.82) is 0 Å². The van der Waals surface area contributed by atoms with E-state index in [1.807, 2.05) is 18.5 Å². The molecule has 1 N–H and O–H groups in total. The van der Waals surface area contributed by atoms with Crippen LogP contribution in [-0.2, 0) is 13.0 Å². The lowest BCUT2D eigenvalue weighted by Crippen LogP contribution is -2.06. The molecule has 0 fully saturated rings. The predicted octanol–water partition coefficient (Wildman–Crippen LogP) is 2.70. The number of nitrogens with zero attached hydrogens (tertiary/aromatic N) is 2. The second-order valence-corrected chi connectivity index (χ2v) is 4.85. The van der Waals surface area contributed by atoms with Gasteiger partial charge >= 0.3 is 0 Å². The highest BCUT2D eigenvalue weighted by Crippen LogP contribution is 2.20. The zero-order valence-corrected chi connectivity index (χ0v) is 10.6. The molecule has 1 heterocycles. The first-order valence-corrected chi connectivity index (χ1v) is 6.67. The molecule has 0 saturated heterocycles. The average Bonchev–Trinajstić information content (AvgIpc) is 2.61. The van der Waals surface area contributed by atoms with Crippen LogP contribution in [0.5, 0.6) is 0 Å². The highest BCUT2D eigenvalue weighted by atomic mass is 16.3. The first-order chi connectivity index (χ1) is 8.29. The Kier molecular flexibility index (Phi) is 4.37. The molecule has 0 aliphatic heterocycles. The number of allylic oxidation sites excluding steroid dienone is 1. The van der Waals surface area contributed by atoms with E-state index < -0.39 is 0 Å². The molecular weight excluding hydrogens is 212 g/mol. The van der Waals surface area contributed by atoms with Crippen LogP contribution in [0.4, 0.5) is 0 Å². The van der Waals surface area contributed by atoms with E-state index in [1.54, 1.807) is 0 Å². The van der Waals surface area contributed by atoms with Gasteiger partial charge in [-0.25, -0.2) is 4.98 Å².